The van der Waals surface area contributed by atoms with E-state index in [4.69, 9.17) is 14.2 Å². The van der Waals surface area contributed by atoms with Crippen molar-refractivity contribution in [1.82, 2.24) is 9.80 Å². The predicted octanol–water partition coefficient (Wildman–Crippen LogP) is 2.86. The Kier molecular flexibility index (Phi) is 6.17. The van der Waals surface area contributed by atoms with Crippen molar-refractivity contribution in [1.29, 1.82) is 0 Å². The third-order valence-electron chi connectivity index (χ3n) is 7.56. The summed E-state index contributed by atoms with van der Waals surface area (Å²) in [5, 5.41) is 0. The molecule has 4 fully saturated rings. The average Bonchev–Trinajstić information content (AvgIpc) is 3.63. The van der Waals surface area contributed by atoms with Crippen LogP contribution in [0.15, 0.2) is 24.3 Å². The quantitative estimate of drug-likeness (QED) is 0.663. The van der Waals surface area contributed by atoms with Gasteiger partial charge in [-0.3, -0.25) is 9.69 Å². The fraction of sp³-hybridized carbons (Fsp3) is 0.708. The van der Waals surface area contributed by atoms with Gasteiger partial charge in [0.15, 0.2) is 6.61 Å². The van der Waals surface area contributed by atoms with Gasteiger partial charge in [0, 0.05) is 45.5 Å². The molecule has 0 radical (unpaired) electrons. The molecule has 170 valence electrons. The summed E-state index contributed by atoms with van der Waals surface area (Å²) in [6, 6.07) is 6.28. The van der Waals surface area contributed by atoms with Gasteiger partial charge in [0.25, 0.3) is 5.91 Å². The number of nitrogens with zero attached hydrogens (tertiary/aromatic N) is 2. The van der Waals surface area contributed by atoms with Gasteiger partial charge >= 0.3 is 0 Å². The molecule has 0 N–H and O–H groups in total. The number of hydrogen-bond donors (Lipinski definition) is 0. The molecule has 31 heavy (non-hydrogen) atoms. The fourth-order valence-electron chi connectivity index (χ4n) is 5.39. The number of piperidine rings is 1. The molecule has 1 atom stereocenters. The molecule has 1 aliphatic carbocycles. The van der Waals surface area contributed by atoms with Crippen LogP contribution in [0.2, 0.25) is 0 Å². The average molecular weight is 433 g/mol. The molecule has 0 bridgehead atoms. The van der Waals surface area contributed by atoms with Crippen molar-refractivity contribution in [3.8, 4) is 5.75 Å². The van der Waals surface area contributed by atoms with Crippen molar-refractivity contribution in [2.45, 2.75) is 56.2 Å². The molecule has 3 heterocycles. The summed E-state index contributed by atoms with van der Waals surface area (Å²) in [5.41, 5.74) is 0.135. The highest BCUT2D eigenvalue weighted by molar-refractivity contribution is 5.77. The molecule has 1 amide bonds. The zero-order valence-corrected chi connectivity index (χ0v) is 18.1. The Labute approximate surface area is 183 Å². The van der Waals surface area contributed by atoms with E-state index < -0.39 is 0 Å². The normalized spacial score (nSPS) is 26.6. The molecule has 5 rings (SSSR count). The number of carbonyl (C=O) groups is 1. The molecular weight excluding hydrogens is 399 g/mol. The van der Waals surface area contributed by atoms with Crippen LogP contribution in [0.5, 0.6) is 5.75 Å². The third kappa shape index (κ3) is 4.59. The number of halogens is 1. The van der Waals surface area contributed by atoms with E-state index in [0.717, 1.165) is 71.1 Å². The highest BCUT2D eigenvalue weighted by Gasteiger charge is 2.57. The first kappa shape index (κ1) is 21.2. The Morgan fingerprint density at radius 2 is 1.81 bits per heavy atom. The first-order chi connectivity index (χ1) is 15.1. The Hall–Kier alpha value is -1.70. The smallest absolute Gasteiger partial charge is 0.260 e. The zero-order chi connectivity index (χ0) is 21.3. The predicted molar refractivity (Wildman–Crippen MR) is 113 cm³/mol. The van der Waals surface area contributed by atoms with Crippen LogP contribution in [0.4, 0.5) is 4.39 Å². The lowest BCUT2D eigenvalue weighted by Gasteiger charge is -2.63. The maximum absolute atomic E-state index is 13.0. The summed E-state index contributed by atoms with van der Waals surface area (Å²) < 4.78 is 30.6. The monoisotopic (exact) mass is 432 g/mol. The van der Waals surface area contributed by atoms with Crippen molar-refractivity contribution in [3.05, 3.63) is 30.1 Å². The summed E-state index contributed by atoms with van der Waals surface area (Å²) in [4.78, 5) is 17.1. The second kappa shape index (κ2) is 9.04. The first-order valence-corrected chi connectivity index (χ1v) is 11.8. The second-order valence-corrected chi connectivity index (χ2v) is 9.49. The van der Waals surface area contributed by atoms with Crippen LogP contribution in [0.3, 0.4) is 0 Å². The van der Waals surface area contributed by atoms with Crippen LogP contribution < -0.4 is 4.74 Å². The van der Waals surface area contributed by atoms with E-state index in [-0.39, 0.29) is 23.9 Å². The molecule has 1 saturated carbocycles. The molecule has 1 aromatic rings. The van der Waals surface area contributed by atoms with Crippen LogP contribution in [0.25, 0.3) is 0 Å². The van der Waals surface area contributed by atoms with E-state index in [1.165, 1.54) is 25.0 Å². The molecule has 3 saturated heterocycles. The van der Waals surface area contributed by atoms with Crippen LogP contribution in [-0.4, -0.2) is 79.5 Å². The number of rotatable bonds is 7. The number of likely N-dealkylation sites (tertiary alicyclic amines) is 2. The van der Waals surface area contributed by atoms with E-state index in [0.29, 0.717) is 17.9 Å². The lowest BCUT2D eigenvalue weighted by molar-refractivity contribution is -0.217. The maximum Gasteiger partial charge on any atom is 0.260 e. The third-order valence-corrected chi connectivity index (χ3v) is 7.56. The van der Waals surface area contributed by atoms with Crippen LogP contribution >= 0.6 is 0 Å². The highest BCUT2D eigenvalue weighted by Crippen LogP contribution is 2.45. The summed E-state index contributed by atoms with van der Waals surface area (Å²) in [7, 11) is 0. The summed E-state index contributed by atoms with van der Waals surface area (Å²) in [6.45, 7) is 5.08. The van der Waals surface area contributed by atoms with Crippen molar-refractivity contribution >= 4 is 5.91 Å². The van der Waals surface area contributed by atoms with Crippen molar-refractivity contribution < 1.29 is 23.4 Å². The zero-order valence-electron chi connectivity index (χ0n) is 18.1. The molecule has 6 nitrogen and oxygen atoms in total. The van der Waals surface area contributed by atoms with Crippen LogP contribution in [0.1, 0.15) is 38.5 Å². The summed E-state index contributed by atoms with van der Waals surface area (Å²) in [5.74, 6) is 0.994. The van der Waals surface area contributed by atoms with Gasteiger partial charge in [0.2, 0.25) is 0 Å². The fourth-order valence-corrected chi connectivity index (χ4v) is 5.39. The highest BCUT2D eigenvalue weighted by atomic mass is 19.1. The molecule has 1 aromatic carbocycles. The lowest BCUT2D eigenvalue weighted by atomic mass is 9.73. The molecular formula is C24H33FN2O4. The van der Waals surface area contributed by atoms with E-state index in [1.807, 2.05) is 4.90 Å². The number of hydrogen-bond acceptors (Lipinski definition) is 5. The van der Waals surface area contributed by atoms with Crippen LogP contribution in [0, 0.1) is 11.7 Å². The molecule has 1 unspecified atom stereocenters. The van der Waals surface area contributed by atoms with Crippen molar-refractivity contribution in [2.24, 2.45) is 5.92 Å². The van der Waals surface area contributed by atoms with Crippen LogP contribution in [-0.2, 0) is 14.3 Å². The van der Waals surface area contributed by atoms with Gasteiger partial charge in [-0.05, 0) is 68.7 Å². The van der Waals surface area contributed by atoms with Gasteiger partial charge in [-0.1, -0.05) is 0 Å². The molecule has 1 spiro atoms. The standard InChI is InChI=1S/C24H33FN2O4/c25-19-3-5-21(6-4-19)30-17-23(28)26-11-7-20(8-12-26)27-15-22(31-16-18-1-2-18)24(27)9-13-29-14-10-24/h3-6,18,20,22H,1-2,7-17H2. The first-order valence-electron chi connectivity index (χ1n) is 11.8. The maximum atomic E-state index is 13.0. The van der Waals surface area contributed by atoms with Crippen molar-refractivity contribution in [2.75, 3.05) is 46.1 Å². The Morgan fingerprint density at radius 3 is 2.48 bits per heavy atom. The van der Waals surface area contributed by atoms with Gasteiger partial charge in [0.05, 0.1) is 11.6 Å². The molecule has 4 aliphatic rings. The minimum absolute atomic E-state index is 0.00162. The van der Waals surface area contributed by atoms with Gasteiger partial charge in [-0.15, -0.1) is 0 Å². The Bertz CT molecular complexity index is 755. The summed E-state index contributed by atoms with van der Waals surface area (Å²) in [6.07, 6.45) is 7.05. The molecule has 0 aromatic heterocycles. The Balaban J connectivity index is 1.11. The number of ether oxygens (including phenoxy) is 3. The van der Waals surface area contributed by atoms with E-state index in [2.05, 4.69) is 4.90 Å². The SMILES string of the molecule is O=C(COc1ccc(F)cc1)N1CCC(N2CC(OCC3CC3)C23CCOCC3)CC1. The largest absolute Gasteiger partial charge is 0.484 e. The van der Waals surface area contributed by atoms with E-state index in [9.17, 15) is 9.18 Å². The molecule has 3 aliphatic heterocycles. The van der Waals surface area contributed by atoms with E-state index in [1.54, 1.807) is 12.1 Å². The Morgan fingerprint density at radius 1 is 1.10 bits per heavy atom. The van der Waals surface area contributed by atoms with Gasteiger partial charge in [-0.25, -0.2) is 4.39 Å². The number of benzene rings is 1. The minimum Gasteiger partial charge on any atom is -0.484 e. The van der Waals surface area contributed by atoms with E-state index >= 15 is 0 Å². The number of carbonyl (C=O) groups excluding carboxylic acids is 1. The number of amides is 1. The van der Waals surface area contributed by atoms with Gasteiger partial charge < -0.3 is 19.1 Å². The molecule has 7 heteroatoms. The summed E-state index contributed by atoms with van der Waals surface area (Å²) >= 11 is 0. The van der Waals surface area contributed by atoms with Crippen molar-refractivity contribution in [3.63, 3.8) is 0 Å². The van der Waals surface area contributed by atoms with Gasteiger partial charge in [-0.2, -0.15) is 0 Å². The minimum atomic E-state index is -0.311. The topological polar surface area (TPSA) is 51.2 Å². The second-order valence-electron chi connectivity index (χ2n) is 9.49. The van der Waals surface area contributed by atoms with Gasteiger partial charge in [0.1, 0.15) is 11.6 Å². The lowest BCUT2D eigenvalue weighted by Crippen LogP contribution is -2.76.